The van der Waals surface area contributed by atoms with E-state index >= 15 is 0 Å². The Labute approximate surface area is 116 Å². The molecule has 0 bridgehead atoms. The van der Waals surface area contributed by atoms with Crippen LogP contribution < -0.4 is 10.6 Å². The lowest BCUT2D eigenvalue weighted by Crippen LogP contribution is -2.02. The summed E-state index contributed by atoms with van der Waals surface area (Å²) in [5.74, 6) is 2.35. The number of nitrogens with one attached hydrogen (secondary N) is 2. The number of para-hydroxylation sites is 1. The zero-order valence-electron chi connectivity index (χ0n) is 10.8. The van der Waals surface area contributed by atoms with Gasteiger partial charge in [0.15, 0.2) is 0 Å². The first-order valence-electron chi connectivity index (χ1n) is 6.30. The van der Waals surface area contributed by atoms with E-state index in [0.29, 0.717) is 6.54 Å². The van der Waals surface area contributed by atoms with Gasteiger partial charge in [0.25, 0.3) is 0 Å². The number of anilines is 3. The fourth-order valence-electron chi connectivity index (χ4n) is 1.78. The van der Waals surface area contributed by atoms with E-state index in [1.54, 1.807) is 6.26 Å². The van der Waals surface area contributed by atoms with Crippen LogP contribution in [0.25, 0.3) is 0 Å². The summed E-state index contributed by atoms with van der Waals surface area (Å²) in [4.78, 5) is 8.37. The maximum absolute atomic E-state index is 5.26. The Morgan fingerprint density at radius 3 is 2.60 bits per heavy atom. The van der Waals surface area contributed by atoms with E-state index in [4.69, 9.17) is 4.42 Å². The van der Waals surface area contributed by atoms with Crippen molar-refractivity contribution in [3.05, 3.63) is 66.9 Å². The van der Waals surface area contributed by atoms with Gasteiger partial charge in [-0.25, -0.2) is 9.97 Å². The van der Waals surface area contributed by atoms with Gasteiger partial charge in [0.1, 0.15) is 23.7 Å². The minimum atomic E-state index is 0.592. The molecule has 100 valence electrons. The maximum Gasteiger partial charge on any atom is 0.135 e. The normalized spacial score (nSPS) is 10.2. The monoisotopic (exact) mass is 266 g/mol. The quantitative estimate of drug-likeness (QED) is 0.740. The van der Waals surface area contributed by atoms with Crippen LogP contribution in [0.4, 0.5) is 17.3 Å². The summed E-state index contributed by atoms with van der Waals surface area (Å²) < 4.78 is 5.26. The Morgan fingerprint density at radius 1 is 0.950 bits per heavy atom. The van der Waals surface area contributed by atoms with Crippen molar-refractivity contribution in [2.45, 2.75) is 6.54 Å². The fraction of sp³-hybridized carbons (Fsp3) is 0.0667. The number of rotatable bonds is 5. The summed E-state index contributed by atoms with van der Waals surface area (Å²) in [6, 6.07) is 15.5. The van der Waals surface area contributed by atoms with Gasteiger partial charge in [-0.3, -0.25) is 0 Å². The highest BCUT2D eigenvalue weighted by Crippen LogP contribution is 2.16. The summed E-state index contributed by atoms with van der Waals surface area (Å²) in [6.45, 7) is 0.592. The highest BCUT2D eigenvalue weighted by Gasteiger charge is 2.00. The third-order valence-corrected chi connectivity index (χ3v) is 2.74. The molecule has 3 aromatic rings. The van der Waals surface area contributed by atoms with E-state index in [2.05, 4.69) is 20.6 Å². The van der Waals surface area contributed by atoms with E-state index in [1.807, 2.05) is 48.5 Å². The molecule has 2 N–H and O–H groups in total. The molecule has 0 fully saturated rings. The Bertz CT molecular complexity index is 653. The topological polar surface area (TPSA) is 63.0 Å². The zero-order valence-corrected chi connectivity index (χ0v) is 10.8. The molecule has 2 heterocycles. The largest absolute Gasteiger partial charge is 0.467 e. The molecule has 0 unspecified atom stereocenters. The first-order valence-corrected chi connectivity index (χ1v) is 6.30. The van der Waals surface area contributed by atoms with Crippen molar-refractivity contribution in [1.82, 2.24) is 9.97 Å². The van der Waals surface area contributed by atoms with Crippen molar-refractivity contribution in [2.24, 2.45) is 0 Å². The van der Waals surface area contributed by atoms with Crippen molar-refractivity contribution in [3.63, 3.8) is 0 Å². The highest BCUT2D eigenvalue weighted by atomic mass is 16.3. The van der Waals surface area contributed by atoms with Crippen LogP contribution in [0.5, 0.6) is 0 Å². The van der Waals surface area contributed by atoms with Crippen LogP contribution in [0, 0.1) is 0 Å². The van der Waals surface area contributed by atoms with Crippen LogP contribution in [0.1, 0.15) is 5.76 Å². The van der Waals surface area contributed by atoms with Crippen LogP contribution in [0.3, 0.4) is 0 Å². The van der Waals surface area contributed by atoms with Crippen molar-refractivity contribution < 1.29 is 4.42 Å². The van der Waals surface area contributed by atoms with Gasteiger partial charge in [-0.15, -0.1) is 0 Å². The number of furan rings is 1. The van der Waals surface area contributed by atoms with Crippen molar-refractivity contribution >= 4 is 17.3 Å². The van der Waals surface area contributed by atoms with Crippen molar-refractivity contribution in [2.75, 3.05) is 10.6 Å². The highest BCUT2D eigenvalue weighted by molar-refractivity contribution is 5.58. The predicted molar refractivity (Wildman–Crippen MR) is 77.8 cm³/mol. The minimum Gasteiger partial charge on any atom is -0.467 e. The Morgan fingerprint density at radius 2 is 1.80 bits per heavy atom. The smallest absolute Gasteiger partial charge is 0.135 e. The Hall–Kier alpha value is -2.82. The summed E-state index contributed by atoms with van der Waals surface area (Å²) in [7, 11) is 0. The van der Waals surface area contributed by atoms with Gasteiger partial charge in [0, 0.05) is 11.8 Å². The molecule has 20 heavy (non-hydrogen) atoms. The molecule has 2 aromatic heterocycles. The number of hydrogen-bond acceptors (Lipinski definition) is 5. The van der Waals surface area contributed by atoms with E-state index in [0.717, 1.165) is 23.1 Å². The molecule has 3 rings (SSSR count). The first-order chi connectivity index (χ1) is 9.90. The lowest BCUT2D eigenvalue weighted by atomic mass is 10.3. The third kappa shape index (κ3) is 3.14. The molecule has 1 aromatic carbocycles. The molecule has 0 saturated heterocycles. The van der Waals surface area contributed by atoms with E-state index < -0.39 is 0 Å². The van der Waals surface area contributed by atoms with E-state index in [-0.39, 0.29) is 0 Å². The summed E-state index contributed by atoms with van der Waals surface area (Å²) >= 11 is 0. The fourth-order valence-corrected chi connectivity index (χ4v) is 1.78. The van der Waals surface area contributed by atoms with Gasteiger partial charge in [-0.05, 0) is 24.3 Å². The number of hydrogen-bond donors (Lipinski definition) is 2. The average molecular weight is 266 g/mol. The van der Waals surface area contributed by atoms with Crippen LogP contribution >= 0.6 is 0 Å². The molecule has 0 amide bonds. The first kappa shape index (κ1) is 12.2. The molecule has 0 atom stereocenters. The Balaban J connectivity index is 1.66. The molecule has 0 saturated carbocycles. The Kier molecular flexibility index (Phi) is 3.59. The van der Waals surface area contributed by atoms with Crippen molar-refractivity contribution in [3.8, 4) is 0 Å². The lowest BCUT2D eigenvalue weighted by molar-refractivity contribution is 0.518. The van der Waals surface area contributed by atoms with Gasteiger partial charge >= 0.3 is 0 Å². The van der Waals surface area contributed by atoms with Gasteiger partial charge in [-0.2, -0.15) is 0 Å². The standard InChI is InChI=1S/C15H14N4O/c1-2-5-12(6-3-1)19-15-9-14(17-11-18-15)16-10-13-7-4-8-20-13/h1-9,11H,10H2,(H2,16,17,18,19). The number of aromatic nitrogens is 2. The molecular weight excluding hydrogens is 252 g/mol. The second-order valence-corrected chi connectivity index (χ2v) is 4.21. The average Bonchev–Trinajstić information content (AvgIpc) is 3.00. The maximum atomic E-state index is 5.26. The van der Waals surface area contributed by atoms with Crippen LogP contribution in [0.15, 0.2) is 65.5 Å². The second kappa shape index (κ2) is 5.88. The molecule has 0 radical (unpaired) electrons. The molecule has 0 aliphatic heterocycles. The van der Waals surface area contributed by atoms with Crippen LogP contribution in [-0.4, -0.2) is 9.97 Å². The third-order valence-electron chi connectivity index (χ3n) is 2.74. The molecule has 0 aliphatic rings. The lowest BCUT2D eigenvalue weighted by Gasteiger charge is -2.07. The SMILES string of the molecule is c1ccc(Nc2cc(NCc3ccco3)ncn2)cc1. The number of nitrogens with zero attached hydrogens (tertiary/aromatic N) is 2. The van der Waals surface area contributed by atoms with Crippen molar-refractivity contribution in [1.29, 1.82) is 0 Å². The minimum absolute atomic E-state index is 0.592. The van der Waals surface area contributed by atoms with E-state index in [9.17, 15) is 0 Å². The predicted octanol–water partition coefficient (Wildman–Crippen LogP) is 3.43. The van der Waals surface area contributed by atoms with Gasteiger partial charge in [-0.1, -0.05) is 18.2 Å². The van der Waals surface area contributed by atoms with E-state index in [1.165, 1.54) is 6.33 Å². The molecule has 0 spiro atoms. The molecule has 5 heteroatoms. The van der Waals surface area contributed by atoms with Crippen LogP contribution in [0.2, 0.25) is 0 Å². The van der Waals surface area contributed by atoms with Gasteiger partial charge in [0.05, 0.1) is 12.8 Å². The van der Waals surface area contributed by atoms with Gasteiger partial charge in [0.2, 0.25) is 0 Å². The summed E-state index contributed by atoms with van der Waals surface area (Å²) in [5, 5.41) is 6.41. The van der Waals surface area contributed by atoms with Gasteiger partial charge < -0.3 is 15.1 Å². The number of benzene rings is 1. The molecule has 5 nitrogen and oxygen atoms in total. The summed E-state index contributed by atoms with van der Waals surface area (Å²) in [5.41, 5.74) is 0.989. The van der Waals surface area contributed by atoms with Crippen LogP contribution in [-0.2, 0) is 6.54 Å². The molecule has 0 aliphatic carbocycles. The summed E-state index contributed by atoms with van der Waals surface area (Å²) in [6.07, 6.45) is 3.18. The second-order valence-electron chi connectivity index (χ2n) is 4.21. The molecular formula is C15H14N4O. The zero-order chi connectivity index (χ0) is 13.6.